The Kier molecular flexibility index (Phi) is 7.05. The Morgan fingerprint density at radius 1 is 1.28 bits per heavy atom. The fraction of sp³-hybridized carbons (Fsp3) is 0.591. The lowest BCUT2D eigenvalue weighted by molar-refractivity contribution is -0.0154. The normalized spacial score (nSPS) is 20.3. The van der Waals surface area contributed by atoms with Gasteiger partial charge in [0.15, 0.2) is 8.32 Å². The number of rotatable bonds is 6. The average Bonchev–Trinajstić information content (AvgIpc) is 2.89. The molecule has 0 unspecified atom stereocenters. The van der Waals surface area contributed by atoms with Gasteiger partial charge in [-0.25, -0.2) is 8.42 Å². The van der Waals surface area contributed by atoms with Crippen LogP contribution in [0.2, 0.25) is 18.1 Å². The molecule has 0 bridgehead atoms. The molecule has 1 saturated heterocycles. The largest absolute Gasteiger partial charge is 0.413 e. The number of nitrogens with zero attached hydrogens (tertiary/aromatic N) is 1. The molecule has 0 radical (unpaired) electrons. The van der Waals surface area contributed by atoms with Crippen molar-refractivity contribution in [1.82, 2.24) is 4.31 Å². The summed E-state index contributed by atoms with van der Waals surface area (Å²) < 4.78 is 39.9. The van der Waals surface area contributed by atoms with E-state index in [9.17, 15) is 8.42 Å². The molecular formula is C22H35NO4SSi. The van der Waals surface area contributed by atoms with Gasteiger partial charge in [0.25, 0.3) is 0 Å². The van der Waals surface area contributed by atoms with Crippen LogP contribution in [0.5, 0.6) is 0 Å². The summed E-state index contributed by atoms with van der Waals surface area (Å²) in [4.78, 5) is 0.269. The summed E-state index contributed by atoms with van der Waals surface area (Å²) in [5.74, 6) is 0. The third-order valence-corrected chi connectivity index (χ3v) is 12.4. The standard InChI is InChI=1S/C22H35NO4SSi/c1-18-12-14-20(15-13-18)28(24,25)23-19(17-26-22(23,5)6)11-9-10-16-27-29(7,8)21(2,3)4/h10-15,19H,16-17H2,1-8H3/t9?,19-/m1/s1. The third-order valence-electron chi connectivity index (χ3n) is 5.76. The van der Waals surface area contributed by atoms with Crippen LogP contribution < -0.4 is 0 Å². The second kappa shape index (κ2) is 8.50. The first-order chi connectivity index (χ1) is 13.2. The van der Waals surface area contributed by atoms with Gasteiger partial charge in [-0.05, 0) is 63.2 Å². The first kappa shape index (κ1) is 24.1. The van der Waals surface area contributed by atoms with Gasteiger partial charge < -0.3 is 9.16 Å². The lowest BCUT2D eigenvalue weighted by atomic mass is 10.2. The van der Waals surface area contributed by atoms with E-state index in [0.717, 1.165) is 5.56 Å². The fourth-order valence-corrected chi connectivity index (χ4v) is 5.67. The van der Waals surface area contributed by atoms with Gasteiger partial charge in [0.2, 0.25) is 10.0 Å². The maximum atomic E-state index is 13.3. The van der Waals surface area contributed by atoms with Crippen molar-refractivity contribution >= 4 is 18.3 Å². The van der Waals surface area contributed by atoms with E-state index >= 15 is 0 Å². The van der Waals surface area contributed by atoms with Gasteiger partial charge in [-0.1, -0.05) is 38.5 Å². The predicted octanol–water partition coefficient (Wildman–Crippen LogP) is 4.85. The first-order valence-electron chi connectivity index (χ1n) is 9.99. The van der Waals surface area contributed by atoms with Crippen molar-refractivity contribution in [2.45, 2.75) is 76.3 Å². The molecule has 1 aliphatic rings. The van der Waals surface area contributed by atoms with Crippen molar-refractivity contribution in [2.24, 2.45) is 0 Å². The van der Waals surface area contributed by atoms with E-state index in [1.807, 2.05) is 13.0 Å². The summed E-state index contributed by atoms with van der Waals surface area (Å²) in [6.07, 6.45) is 3.58. The number of sulfonamides is 1. The van der Waals surface area contributed by atoms with Gasteiger partial charge in [-0.15, -0.1) is 5.73 Å². The molecule has 1 aromatic rings. The topological polar surface area (TPSA) is 55.8 Å². The third kappa shape index (κ3) is 5.48. The number of ether oxygens (including phenoxy) is 1. The molecule has 0 spiro atoms. The van der Waals surface area contributed by atoms with Crippen LogP contribution in [0.4, 0.5) is 0 Å². The lowest BCUT2D eigenvalue weighted by Crippen LogP contribution is -2.47. The van der Waals surface area contributed by atoms with Gasteiger partial charge >= 0.3 is 0 Å². The SMILES string of the molecule is Cc1ccc(S(=O)(=O)N2[C@H](C=C=CCO[Si](C)(C)C(C)(C)C)COC2(C)C)cc1. The number of hydrogen-bond acceptors (Lipinski definition) is 4. The quantitative estimate of drug-likeness (QED) is 0.471. The van der Waals surface area contributed by atoms with Crippen molar-refractivity contribution in [3.05, 3.63) is 47.7 Å². The summed E-state index contributed by atoms with van der Waals surface area (Å²) in [6, 6.07) is 6.48. The minimum Gasteiger partial charge on any atom is -0.413 e. The zero-order valence-electron chi connectivity index (χ0n) is 18.9. The van der Waals surface area contributed by atoms with Gasteiger partial charge in [0.1, 0.15) is 5.72 Å². The molecule has 1 heterocycles. The minimum absolute atomic E-state index is 0.146. The Morgan fingerprint density at radius 3 is 2.41 bits per heavy atom. The van der Waals surface area contributed by atoms with Crippen LogP contribution in [0.15, 0.2) is 47.0 Å². The molecule has 162 valence electrons. The van der Waals surface area contributed by atoms with E-state index in [1.54, 1.807) is 44.2 Å². The van der Waals surface area contributed by atoms with Crippen molar-refractivity contribution in [1.29, 1.82) is 0 Å². The molecule has 0 amide bonds. The van der Waals surface area contributed by atoms with E-state index < -0.39 is 30.1 Å². The van der Waals surface area contributed by atoms with Gasteiger partial charge in [-0.3, -0.25) is 0 Å². The summed E-state index contributed by atoms with van der Waals surface area (Å²) >= 11 is 0. The maximum absolute atomic E-state index is 13.3. The van der Waals surface area contributed by atoms with Crippen LogP contribution in [0.3, 0.4) is 0 Å². The fourth-order valence-electron chi connectivity index (χ4n) is 2.92. The lowest BCUT2D eigenvalue weighted by Gasteiger charge is -2.35. The van der Waals surface area contributed by atoms with Crippen molar-refractivity contribution in [3.63, 3.8) is 0 Å². The van der Waals surface area contributed by atoms with Crippen LogP contribution in [0.1, 0.15) is 40.2 Å². The molecule has 0 saturated carbocycles. The Balaban J connectivity index is 2.20. The number of hydrogen-bond donors (Lipinski definition) is 0. The van der Waals surface area contributed by atoms with Gasteiger partial charge in [-0.2, -0.15) is 4.31 Å². The Bertz CT molecular complexity index is 876. The van der Waals surface area contributed by atoms with Crippen LogP contribution >= 0.6 is 0 Å². The molecule has 1 aliphatic heterocycles. The van der Waals surface area contributed by atoms with Crippen molar-refractivity contribution in [2.75, 3.05) is 13.2 Å². The Labute approximate surface area is 177 Å². The van der Waals surface area contributed by atoms with Crippen molar-refractivity contribution < 1.29 is 17.6 Å². The summed E-state index contributed by atoms with van der Waals surface area (Å²) in [5.41, 5.74) is 3.20. The molecular weight excluding hydrogens is 402 g/mol. The minimum atomic E-state index is -3.70. The van der Waals surface area contributed by atoms with Gasteiger partial charge in [0.05, 0.1) is 24.2 Å². The second-order valence-corrected chi connectivity index (χ2v) is 16.2. The second-order valence-electron chi connectivity index (χ2n) is 9.55. The summed E-state index contributed by atoms with van der Waals surface area (Å²) in [6.45, 7) is 17.2. The van der Waals surface area contributed by atoms with Gasteiger partial charge in [0, 0.05) is 0 Å². The molecule has 0 aromatic heterocycles. The molecule has 0 aliphatic carbocycles. The highest BCUT2D eigenvalue weighted by Crippen LogP contribution is 2.36. The smallest absolute Gasteiger partial charge is 0.246 e. The summed E-state index contributed by atoms with van der Waals surface area (Å²) in [5, 5.41) is 0.146. The van der Waals surface area contributed by atoms with E-state index in [0.29, 0.717) is 13.2 Å². The zero-order valence-corrected chi connectivity index (χ0v) is 20.8. The molecule has 1 atom stereocenters. The van der Waals surface area contributed by atoms with Crippen LogP contribution in [0, 0.1) is 6.92 Å². The van der Waals surface area contributed by atoms with Crippen LogP contribution in [-0.4, -0.2) is 46.0 Å². The number of benzene rings is 1. The van der Waals surface area contributed by atoms with E-state index in [4.69, 9.17) is 9.16 Å². The van der Waals surface area contributed by atoms with E-state index in [2.05, 4.69) is 39.6 Å². The highest BCUT2D eigenvalue weighted by atomic mass is 32.2. The van der Waals surface area contributed by atoms with E-state index in [1.165, 1.54) is 4.31 Å². The molecule has 29 heavy (non-hydrogen) atoms. The molecule has 1 aromatic carbocycles. The highest BCUT2D eigenvalue weighted by molar-refractivity contribution is 7.89. The molecule has 2 rings (SSSR count). The summed E-state index contributed by atoms with van der Waals surface area (Å²) in [7, 11) is -5.52. The highest BCUT2D eigenvalue weighted by Gasteiger charge is 2.47. The van der Waals surface area contributed by atoms with Crippen LogP contribution in [-0.2, 0) is 19.2 Å². The number of aryl methyl sites for hydroxylation is 1. The van der Waals surface area contributed by atoms with E-state index in [-0.39, 0.29) is 9.93 Å². The molecule has 7 heteroatoms. The van der Waals surface area contributed by atoms with Crippen LogP contribution in [0.25, 0.3) is 0 Å². The first-order valence-corrected chi connectivity index (χ1v) is 14.3. The molecule has 1 fully saturated rings. The Hall–Kier alpha value is -1.21. The average molecular weight is 438 g/mol. The van der Waals surface area contributed by atoms with Crippen molar-refractivity contribution in [3.8, 4) is 0 Å². The monoisotopic (exact) mass is 437 g/mol. The molecule has 0 N–H and O–H groups in total. The zero-order chi connectivity index (χ0) is 22.1. The maximum Gasteiger partial charge on any atom is 0.246 e. The Morgan fingerprint density at radius 2 is 1.86 bits per heavy atom. The molecule has 5 nitrogen and oxygen atoms in total. The predicted molar refractivity (Wildman–Crippen MR) is 120 cm³/mol.